The van der Waals surface area contributed by atoms with Gasteiger partial charge in [-0.05, 0) is 18.3 Å². The van der Waals surface area contributed by atoms with Crippen molar-refractivity contribution in [1.29, 1.82) is 0 Å². The van der Waals surface area contributed by atoms with Crippen molar-refractivity contribution >= 4 is 24.2 Å². The molecule has 0 radical (unpaired) electrons. The Morgan fingerprint density at radius 2 is 2.00 bits per heavy atom. The number of aromatic nitrogens is 4. The quantitative estimate of drug-likeness (QED) is 0.163. The molecule has 1 amide bonds. The van der Waals surface area contributed by atoms with Gasteiger partial charge in [0.2, 0.25) is 12.3 Å². The summed E-state index contributed by atoms with van der Waals surface area (Å²) in [7, 11) is 0. The summed E-state index contributed by atoms with van der Waals surface area (Å²) in [5, 5.41) is 18.8. The molecule has 37 heavy (non-hydrogen) atoms. The van der Waals surface area contributed by atoms with Crippen molar-refractivity contribution < 1.29 is 14.6 Å². The molecule has 0 bridgehead atoms. The van der Waals surface area contributed by atoms with Crippen LogP contribution >= 0.6 is 0 Å². The largest absolute Gasteiger partial charge is 0.494 e. The molecular formula is C24H34N8O5. The van der Waals surface area contributed by atoms with E-state index in [2.05, 4.69) is 31.3 Å². The number of anilines is 1. The molecule has 0 aromatic carbocycles. The van der Waals surface area contributed by atoms with E-state index in [9.17, 15) is 19.5 Å². The fraction of sp³-hybridized carbons (Fsp3) is 0.542. The van der Waals surface area contributed by atoms with Crippen LogP contribution in [-0.2, 0) is 22.5 Å². The zero-order valence-corrected chi connectivity index (χ0v) is 21.3. The van der Waals surface area contributed by atoms with E-state index in [0.29, 0.717) is 50.4 Å². The molecule has 0 saturated heterocycles. The lowest BCUT2D eigenvalue weighted by molar-refractivity contribution is -0.109. The zero-order chi connectivity index (χ0) is 26.6. The van der Waals surface area contributed by atoms with Crippen LogP contribution in [0, 0.1) is 5.41 Å². The van der Waals surface area contributed by atoms with Crippen molar-refractivity contribution in [2.45, 2.75) is 58.8 Å². The third-order valence-corrected chi connectivity index (χ3v) is 5.74. The summed E-state index contributed by atoms with van der Waals surface area (Å²) in [5.41, 5.74) is 2.78. The number of aliphatic hydroxyl groups excluding tert-OH is 1. The summed E-state index contributed by atoms with van der Waals surface area (Å²) in [6, 6.07) is 0.0784. The number of carbonyl (C=O) groups is 1. The van der Waals surface area contributed by atoms with E-state index in [4.69, 9.17) is 4.74 Å². The minimum Gasteiger partial charge on any atom is -0.494 e. The minimum absolute atomic E-state index is 0.0784. The second-order valence-electron chi connectivity index (χ2n) is 10.3. The maximum Gasteiger partial charge on any atom is 0.289 e. The van der Waals surface area contributed by atoms with Gasteiger partial charge in [-0.3, -0.25) is 29.4 Å². The van der Waals surface area contributed by atoms with Gasteiger partial charge in [0.1, 0.15) is 17.5 Å². The fourth-order valence-electron chi connectivity index (χ4n) is 3.87. The standard InChI is InChI=1S/C24H34N8O5/c1-24(2,3)13-31-19-10-17(29-18-12-26-16(11-27-18)6-8-37-9-7-25-14-33)30-32(19)23(36)20(22(31)35)21(34)28-15-4-5-15/h10-12,14-15,17,28,30,34H,4-9,13H2,1-3H3,(H,25,33)(H,27,29). The smallest absolute Gasteiger partial charge is 0.289 e. The first kappa shape index (κ1) is 26.2. The highest BCUT2D eigenvalue weighted by Crippen LogP contribution is 2.19. The second kappa shape index (κ2) is 11.0. The van der Waals surface area contributed by atoms with Gasteiger partial charge in [-0.25, -0.2) is 9.66 Å². The van der Waals surface area contributed by atoms with Gasteiger partial charge in [0.15, 0.2) is 5.22 Å². The van der Waals surface area contributed by atoms with Crippen LogP contribution in [0.25, 0.3) is 12.0 Å². The number of fused-ring (bicyclic) bond motifs is 1. The molecular weight excluding hydrogens is 480 g/mol. The van der Waals surface area contributed by atoms with Crippen molar-refractivity contribution in [3.05, 3.63) is 49.5 Å². The average Bonchev–Trinajstić information content (AvgIpc) is 3.55. The van der Waals surface area contributed by atoms with Gasteiger partial charge in [0.05, 0.1) is 31.3 Å². The molecule has 13 heteroatoms. The van der Waals surface area contributed by atoms with E-state index in [1.165, 1.54) is 9.24 Å². The third kappa shape index (κ3) is 6.67. The first-order valence-electron chi connectivity index (χ1n) is 12.3. The van der Waals surface area contributed by atoms with Crippen molar-refractivity contribution in [3.63, 3.8) is 0 Å². The third-order valence-electron chi connectivity index (χ3n) is 5.74. The van der Waals surface area contributed by atoms with E-state index in [1.807, 2.05) is 20.8 Å². The summed E-state index contributed by atoms with van der Waals surface area (Å²) < 4.78 is 8.22. The number of aliphatic hydroxyl groups is 1. The Balaban J connectivity index is 1.52. The molecule has 1 aliphatic heterocycles. The van der Waals surface area contributed by atoms with Crippen LogP contribution in [0.4, 0.5) is 5.82 Å². The van der Waals surface area contributed by atoms with Crippen molar-refractivity contribution in [2.75, 3.05) is 30.5 Å². The summed E-state index contributed by atoms with van der Waals surface area (Å²) in [4.78, 5) is 45.6. The van der Waals surface area contributed by atoms with E-state index < -0.39 is 17.3 Å². The maximum absolute atomic E-state index is 13.3. The number of amides is 1. The van der Waals surface area contributed by atoms with Crippen molar-refractivity contribution in [2.24, 2.45) is 5.41 Å². The van der Waals surface area contributed by atoms with Gasteiger partial charge in [-0.1, -0.05) is 20.8 Å². The molecule has 4 rings (SSSR count). The Morgan fingerprint density at radius 3 is 2.65 bits per heavy atom. The van der Waals surface area contributed by atoms with E-state index >= 15 is 0 Å². The zero-order valence-electron chi connectivity index (χ0n) is 21.3. The monoisotopic (exact) mass is 514 g/mol. The van der Waals surface area contributed by atoms with Gasteiger partial charge < -0.3 is 25.8 Å². The highest BCUT2D eigenvalue weighted by atomic mass is 16.5. The van der Waals surface area contributed by atoms with Crippen LogP contribution in [-0.4, -0.2) is 62.7 Å². The molecule has 3 heterocycles. The van der Waals surface area contributed by atoms with E-state index in [1.54, 1.807) is 18.5 Å². The average molecular weight is 515 g/mol. The highest BCUT2D eigenvalue weighted by molar-refractivity contribution is 5.46. The Morgan fingerprint density at radius 1 is 1.22 bits per heavy atom. The van der Waals surface area contributed by atoms with Crippen LogP contribution in [0.2, 0.25) is 0 Å². The Labute approximate surface area is 213 Å². The molecule has 1 atom stereocenters. The van der Waals surface area contributed by atoms with Crippen molar-refractivity contribution in [1.82, 2.24) is 29.8 Å². The Kier molecular flexibility index (Phi) is 7.81. The predicted molar refractivity (Wildman–Crippen MR) is 138 cm³/mol. The molecule has 13 nitrogen and oxygen atoms in total. The predicted octanol–water partition coefficient (Wildman–Crippen LogP) is -1.70. The van der Waals surface area contributed by atoms with Crippen LogP contribution < -0.4 is 43.2 Å². The maximum atomic E-state index is 13.3. The minimum atomic E-state index is -0.624. The van der Waals surface area contributed by atoms with Crippen LogP contribution in [0.1, 0.15) is 39.3 Å². The van der Waals surface area contributed by atoms with Crippen molar-refractivity contribution in [3.8, 4) is 0 Å². The molecule has 2 aromatic heterocycles. The van der Waals surface area contributed by atoms with Gasteiger partial charge in [-0.2, -0.15) is 0 Å². The lowest BCUT2D eigenvalue weighted by atomic mass is 9.97. The molecule has 2 aliphatic rings. The molecule has 1 aliphatic carbocycles. The van der Waals surface area contributed by atoms with Gasteiger partial charge >= 0.3 is 0 Å². The van der Waals surface area contributed by atoms with Gasteiger partial charge in [0.25, 0.3) is 11.1 Å². The van der Waals surface area contributed by atoms with E-state index in [0.717, 1.165) is 18.5 Å². The lowest BCUT2D eigenvalue weighted by Crippen LogP contribution is -2.61. The molecule has 2 aromatic rings. The van der Waals surface area contributed by atoms with E-state index in [-0.39, 0.29) is 22.6 Å². The highest BCUT2D eigenvalue weighted by Gasteiger charge is 2.26. The molecule has 1 fully saturated rings. The van der Waals surface area contributed by atoms with Crippen LogP contribution in [0.3, 0.4) is 0 Å². The number of nitrogens with one attached hydrogen (secondary N) is 4. The topological polar surface area (TPSA) is 164 Å². The molecule has 5 N–H and O–H groups in total. The molecule has 1 saturated carbocycles. The normalized spacial score (nSPS) is 17.3. The Bertz CT molecular complexity index is 1360. The molecule has 1 unspecified atom stereocenters. The summed E-state index contributed by atoms with van der Waals surface area (Å²) in [6.45, 7) is 7.65. The first-order valence-corrected chi connectivity index (χ1v) is 12.3. The number of rotatable bonds is 12. The SMILES string of the molecule is CC(C)(C)Cn1c(=O)c(=C(O)NC2CC2)c(=O)n2c1=CC(Nc1cnc(CCOCCNC=O)cn1)N2. The molecule has 200 valence electrons. The van der Waals surface area contributed by atoms with Crippen LogP contribution in [0.15, 0.2) is 22.0 Å². The second-order valence-corrected chi connectivity index (χ2v) is 10.3. The summed E-state index contributed by atoms with van der Waals surface area (Å²) >= 11 is 0. The lowest BCUT2D eigenvalue weighted by Gasteiger charge is -2.21. The fourth-order valence-corrected chi connectivity index (χ4v) is 3.87. The summed E-state index contributed by atoms with van der Waals surface area (Å²) in [5.74, 6) is 0.0864. The number of ether oxygens (including phenoxy) is 1. The number of hydrogen-bond acceptors (Lipinski definition) is 10. The summed E-state index contributed by atoms with van der Waals surface area (Å²) in [6.07, 6.45) is 7.38. The van der Waals surface area contributed by atoms with Gasteiger partial charge in [-0.15, -0.1) is 0 Å². The first-order chi connectivity index (χ1) is 17.7. The number of nitrogens with zero attached hydrogens (tertiary/aromatic N) is 4. The van der Waals surface area contributed by atoms with Crippen LogP contribution in [0.5, 0.6) is 0 Å². The number of hydrogen-bond donors (Lipinski definition) is 5. The van der Waals surface area contributed by atoms with Gasteiger partial charge in [0, 0.05) is 31.6 Å². The number of carbonyl (C=O) groups excluding carboxylic acids is 1. The Hall–Kier alpha value is -3.87. The molecule has 0 spiro atoms.